The van der Waals surface area contributed by atoms with Gasteiger partial charge in [0.15, 0.2) is 0 Å². The molecule has 1 fully saturated rings. The molecule has 0 radical (unpaired) electrons. The van der Waals surface area contributed by atoms with Crippen molar-refractivity contribution in [3.63, 3.8) is 0 Å². The summed E-state index contributed by atoms with van der Waals surface area (Å²) >= 11 is 0. The number of hydrogen-bond acceptors (Lipinski definition) is 3. The van der Waals surface area contributed by atoms with E-state index in [0.717, 1.165) is 6.42 Å². The summed E-state index contributed by atoms with van der Waals surface area (Å²) in [6, 6.07) is 1.00. The normalized spacial score (nSPS) is 18.8. The first-order chi connectivity index (χ1) is 8.11. The van der Waals surface area contributed by atoms with Crippen LogP contribution in [0.2, 0.25) is 0 Å². The van der Waals surface area contributed by atoms with Crippen LogP contribution >= 0.6 is 0 Å². The Morgan fingerprint density at radius 1 is 1.59 bits per heavy atom. The Kier molecular flexibility index (Phi) is 4.76. The van der Waals surface area contributed by atoms with E-state index in [2.05, 4.69) is 0 Å². The van der Waals surface area contributed by atoms with E-state index in [4.69, 9.17) is 10.4 Å². The zero-order valence-corrected chi connectivity index (χ0v) is 9.93. The van der Waals surface area contributed by atoms with Crippen LogP contribution in [0.1, 0.15) is 26.2 Å². The minimum atomic E-state index is -0.952. The van der Waals surface area contributed by atoms with Crippen LogP contribution in [0, 0.1) is 11.3 Å². The van der Waals surface area contributed by atoms with Crippen molar-refractivity contribution in [2.75, 3.05) is 19.6 Å². The van der Waals surface area contributed by atoms with Crippen molar-refractivity contribution in [2.45, 2.75) is 32.2 Å². The van der Waals surface area contributed by atoms with Crippen LogP contribution in [0.3, 0.4) is 0 Å². The lowest BCUT2D eigenvalue weighted by Gasteiger charge is -2.29. The van der Waals surface area contributed by atoms with Crippen molar-refractivity contribution in [1.29, 1.82) is 5.26 Å². The molecular formula is C11H17N3O3. The number of carboxylic acid groups (broad SMARTS) is 1. The van der Waals surface area contributed by atoms with E-state index in [1.807, 2.05) is 13.0 Å². The first-order valence-electron chi connectivity index (χ1n) is 5.77. The summed E-state index contributed by atoms with van der Waals surface area (Å²) in [5.41, 5.74) is 0. The largest absolute Gasteiger partial charge is 0.480 e. The van der Waals surface area contributed by atoms with Crippen molar-refractivity contribution >= 4 is 12.0 Å². The monoisotopic (exact) mass is 239 g/mol. The number of carboxylic acids is 1. The summed E-state index contributed by atoms with van der Waals surface area (Å²) < 4.78 is 0. The zero-order chi connectivity index (χ0) is 12.8. The van der Waals surface area contributed by atoms with Crippen molar-refractivity contribution < 1.29 is 14.7 Å². The first-order valence-corrected chi connectivity index (χ1v) is 5.77. The Labute approximate surface area is 100 Å². The lowest BCUT2D eigenvalue weighted by Crippen LogP contribution is -2.48. The minimum Gasteiger partial charge on any atom is -0.480 e. The molecule has 94 valence electrons. The lowest BCUT2D eigenvalue weighted by atomic mass is 10.2. The van der Waals surface area contributed by atoms with Crippen molar-refractivity contribution in [2.24, 2.45) is 0 Å². The van der Waals surface area contributed by atoms with Gasteiger partial charge < -0.3 is 14.9 Å². The smallest absolute Gasteiger partial charge is 0.326 e. The van der Waals surface area contributed by atoms with Crippen LogP contribution in [0.5, 0.6) is 0 Å². The number of amides is 2. The summed E-state index contributed by atoms with van der Waals surface area (Å²) in [5.74, 6) is -0.952. The molecule has 1 aliphatic rings. The van der Waals surface area contributed by atoms with Gasteiger partial charge in [0.05, 0.1) is 12.5 Å². The molecule has 0 aromatic carbocycles. The number of carbonyl (C=O) groups is 2. The van der Waals surface area contributed by atoms with Gasteiger partial charge in [-0.1, -0.05) is 0 Å². The van der Waals surface area contributed by atoms with Gasteiger partial charge in [-0.15, -0.1) is 0 Å². The number of aliphatic carboxylic acids is 1. The molecule has 0 aliphatic carbocycles. The van der Waals surface area contributed by atoms with E-state index in [0.29, 0.717) is 26.1 Å². The average molecular weight is 239 g/mol. The van der Waals surface area contributed by atoms with Gasteiger partial charge in [0, 0.05) is 19.6 Å². The Morgan fingerprint density at radius 3 is 2.82 bits per heavy atom. The second-order valence-corrected chi connectivity index (χ2v) is 3.96. The molecule has 0 unspecified atom stereocenters. The molecule has 0 aromatic heterocycles. The minimum absolute atomic E-state index is 0.269. The molecule has 0 saturated carbocycles. The van der Waals surface area contributed by atoms with Gasteiger partial charge in [0.25, 0.3) is 0 Å². The number of nitriles is 1. The maximum Gasteiger partial charge on any atom is 0.326 e. The van der Waals surface area contributed by atoms with Crippen LogP contribution in [-0.2, 0) is 4.79 Å². The van der Waals surface area contributed by atoms with Crippen LogP contribution in [0.15, 0.2) is 0 Å². The molecule has 1 heterocycles. The third-order valence-electron chi connectivity index (χ3n) is 2.93. The zero-order valence-electron chi connectivity index (χ0n) is 9.93. The SMILES string of the molecule is CCN(CCC#N)C(=O)N1CCC[C@@H]1C(=O)O. The van der Waals surface area contributed by atoms with Crippen LogP contribution in [0.25, 0.3) is 0 Å². The predicted octanol–water partition coefficient (Wildman–Crippen LogP) is 0.891. The fraction of sp³-hybridized carbons (Fsp3) is 0.727. The molecular weight excluding hydrogens is 222 g/mol. The molecule has 0 aromatic rings. The van der Waals surface area contributed by atoms with Crippen molar-refractivity contribution in [1.82, 2.24) is 9.80 Å². The average Bonchev–Trinajstić information content (AvgIpc) is 2.78. The van der Waals surface area contributed by atoms with Gasteiger partial charge in [-0.05, 0) is 19.8 Å². The number of likely N-dealkylation sites (tertiary alicyclic amines) is 1. The van der Waals surface area contributed by atoms with E-state index in [-0.39, 0.29) is 12.5 Å². The first kappa shape index (κ1) is 13.3. The van der Waals surface area contributed by atoms with Crippen LogP contribution in [0.4, 0.5) is 4.79 Å². The van der Waals surface area contributed by atoms with E-state index >= 15 is 0 Å². The lowest BCUT2D eigenvalue weighted by molar-refractivity contribution is -0.141. The molecule has 6 heteroatoms. The Morgan fingerprint density at radius 2 is 2.29 bits per heavy atom. The molecule has 1 atom stereocenters. The van der Waals surface area contributed by atoms with Gasteiger partial charge >= 0.3 is 12.0 Å². The van der Waals surface area contributed by atoms with Crippen molar-refractivity contribution in [3.05, 3.63) is 0 Å². The Bertz CT molecular complexity index is 337. The van der Waals surface area contributed by atoms with Gasteiger partial charge in [0.1, 0.15) is 6.04 Å². The van der Waals surface area contributed by atoms with Crippen molar-refractivity contribution in [3.8, 4) is 6.07 Å². The Hall–Kier alpha value is -1.77. The molecule has 1 rings (SSSR count). The highest BCUT2D eigenvalue weighted by atomic mass is 16.4. The standard InChI is InChI=1S/C11H17N3O3/c1-2-13(7-4-6-12)11(17)14-8-3-5-9(14)10(15)16/h9H,2-5,7-8H2,1H3,(H,15,16)/t9-/m1/s1. The fourth-order valence-electron chi connectivity index (χ4n) is 2.01. The second kappa shape index (κ2) is 6.09. The predicted molar refractivity (Wildman–Crippen MR) is 60.2 cm³/mol. The summed E-state index contributed by atoms with van der Waals surface area (Å²) in [5, 5.41) is 17.5. The molecule has 1 saturated heterocycles. The highest BCUT2D eigenvalue weighted by molar-refractivity contribution is 5.83. The number of nitrogens with zero attached hydrogens (tertiary/aromatic N) is 3. The fourth-order valence-corrected chi connectivity index (χ4v) is 2.01. The van der Waals surface area contributed by atoms with Crippen LogP contribution in [-0.4, -0.2) is 52.6 Å². The van der Waals surface area contributed by atoms with Gasteiger partial charge in [0.2, 0.25) is 0 Å². The van der Waals surface area contributed by atoms with E-state index < -0.39 is 12.0 Å². The molecule has 17 heavy (non-hydrogen) atoms. The number of rotatable bonds is 4. The summed E-state index contributed by atoms with van der Waals surface area (Å²) in [4.78, 5) is 26.0. The molecule has 1 aliphatic heterocycles. The number of carbonyl (C=O) groups excluding carboxylic acids is 1. The van der Waals surface area contributed by atoms with Gasteiger partial charge in [-0.25, -0.2) is 9.59 Å². The topological polar surface area (TPSA) is 84.6 Å². The highest BCUT2D eigenvalue weighted by Gasteiger charge is 2.35. The van der Waals surface area contributed by atoms with E-state index in [9.17, 15) is 9.59 Å². The summed E-state index contributed by atoms with van der Waals surface area (Å²) in [7, 11) is 0. The summed E-state index contributed by atoms with van der Waals surface area (Å²) in [6.07, 6.45) is 1.50. The molecule has 0 spiro atoms. The van der Waals surface area contributed by atoms with Crippen LogP contribution < -0.4 is 0 Å². The van der Waals surface area contributed by atoms with Gasteiger partial charge in [-0.2, -0.15) is 5.26 Å². The Balaban J connectivity index is 2.67. The number of hydrogen-bond donors (Lipinski definition) is 1. The number of urea groups is 1. The summed E-state index contributed by atoms with van der Waals surface area (Å²) in [6.45, 7) is 3.15. The third kappa shape index (κ3) is 3.09. The molecule has 2 amide bonds. The third-order valence-corrected chi connectivity index (χ3v) is 2.93. The molecule has 1 N–H and O–H groups in total. The maximum atomic E-state index is 12.1. The quantitative estimate of drug-likeness (QED) is 0.789. The molecule has 0 bridgehead atoms. The van der Waals surface area contributed by atoms with E-state index in [1.54, 1.807) is 0 Å². The van der Waals surface area contributed by atoms with E-state index in [1.165, 1.54) is 9.80 Å². The molecule has 6 nitrogen and oxygen atoms in total. The maximum absolute atomic E-state index is 12.1. The highest BCUT2D eigenvalue weighted by Crippen LogP contribution is 2.19. The second-order valence-electron chi connectivity index (χ2n) is 3.96. The van der Waals surface area contributed by atoms with Gasteiger partial charge in [-0.3, -0.25) is 0 Å².